The Balaban J connectivity index is 1.67. The molecule has 0 unspecified atom stereocenters. The van der Waals surface area contributed by atoms with E-state index in [1.54, 1.807) is 30.3 Å². The molecule has 7 nitrogen and oxygen atoms in total. The summed E-state index contributed by atoms with van der Waals surface area (Å²) in [7, 11) is -3.43. The number of rotatable bonds is 8. The smallest absolute Gasteiger partial charge is 0.230 e. The molecule has 0 bridgehead atoms. The van der Waals surface area contributed by atoms with Gasteiger partial charge in [-0.15, -0.1) is 0 Å². The van der Waals surface area contributed by atoms with E-state index in [0.29, 0.717) is 17.1 Å². The number of benzene rings is 2. The SMILES string of the molecule is CCCc1ccc(-c2cc(NC(=O)Cc3ccccc3NS(C)(=O)=O)n[nH]2)cc1. The van der Waals surface area contributed by atoms with Crippen molar-refractivity contribution in [2.24, 2.45) is 0 Å². The van der Waals surface area contributed by atoms with Gasteiger partial charge in [-0.1, -0.05) is 55.8 Å². The Bertz CT molecular complexity index is 1090. The number of hydrogen-bond acceptors (Lipinski definition) is 4. The Morgan fingerprint density at radius 2 is 1.83 bits per heavy atom. The first-order chi connectivity index (χ1) is 13.8. The van der Waals surface area contributed by atoms with Crippen molar-refractivity contribution in [3.05, 3.63) is 65.7 Å². The Hall–Kier alpha value is -3.13. The molecule has 0 saturated heterocycles. The molecule has 29 heavy (non-hydrogen) atoms. The second kappa shape index (κ2) is 8.91. The standard InChI is InChI=1S/C21H24N4O3S/c1-3-6-15-9-11-16(12-10-15)19-14-20(24-23-19)22-21(26)13-17-7-4-5-8-18(17)25-29(2,27)28/h4-5,7-12,14,25H,3,6,13H2,1-2H3,(H2,22,23,24,26). The average molecular weight is 413 g/mol. The van der Waals surface area contributed by atoms with Crippen molar-refractivity contribution < 1.29 is 13.2 Å². The number of nitrogens with zero attached hydrogens (tertiary/aromatic N) is 1. The molecule has 0 aliphatic carbocycles. The van der Waals surface area contributed by atoms with E-state index in [2.05, 4.69) is 39.3 Å². The fourth-order valence-corrected chi connectivity index (χ4v) is 3.61. The lowest BCUT2D eigenvalue weighted by molar-refractivity contribution is -0.115. The second-order valence-corrected chi connectivity index (χ2v) is 8.62. The molecule has 0 atom stereocenters. The maximum Gasteiger partial charge on any atom is 0.230 e. The number of carbonyl (C=O) groups is 1. The van der Waals surface area contributed by atoms with Crippen molar-refractivity contribution in [3.63, 3.8) is 0 Å². The van der Waals surface area contributed by atoms with E-state index in [9.17, 15) is 13.2 Å². The number of sulfonamides is 1. The van der Waals surface area contributed by atoms with Crippen LogP contribution < -0.4 is 10.0 Å². The fourth-order valence-electron chi connectivity index (χ4n) is 3.01. The van der Waals surface area contributed by atoms with E-state index in [4.69, 9.17) is 0 Å². The number of anilines is 2. The molecule has 2 aromatic carbocycles. The number of amides is 1. The lowest BCUT2D eigenvalue weighted by Crippen LogP contribution is -2.17. The highest BCUT2D eigenvalue weighted by Crippen LogP contribution is 2.21. The van der Waals surface area contributed by atoms with Crippen LogP contribution in [0.15, 0.2) is 54.6 Å². The molecule has 0 aliphatic heterocycles. The van der Waals surface area contributed by atoms with Gasteiger partial charge in [-0.25, -0.2) is 8.42 Å². The Morgan fingerprint density at radius 3 is 2.52 bits per heavy atom. The summed E-state index contributed by atoms with van der Waals surface area (Å²) in [5.41, 5.74) is 4.05. The number of aromatic nitrogens is 2. The number of nitrogens with one attached hydrogen (secondary N) is 3. The molecule has 0 radical (unpaired) electrons. The fraction of sp³-hybridized carbons (Fsp3) is 0.238. The topological polar surface area (TPSA) is 104 Å². The first-order valence-electron chi connectivity index (χ1n) is 9.34. The summed E-state index contributed by atoms with van der Waals surface area (Å²) in [5.74, 6) is 0.125. The van der Waals surface area contributed by atoms with Crippen LogP contribution in [0.4, 0.5) is 11.5 Å². The van der Waals surface area contributed by atoms with Crippen LogP contribution in [0.1, 0.15) is 24.5 Å². The van der Waals surface area contributed by atoms with Crippen molar-refractivity contribution in [1.82, 2.24) is 10.2 Å². The summed E-state index contributed by atoms with van der Waals surface area (Å²) in [4.78, 5) is 12.4. The first kappa shape index (κ1) is 20.6. The quantitative estimate of drug-likeness (QED) is 0.526. The zero-order chi connectivity index (χ0) is 20.9. The molecular formula is C21H24N4O3S. The van der Waals surface area contributed by atoms with Gasteiger partial charge in [-0.05, 0) is 29.2 Å². The molecule has 0 fully saturated rings. The number of hydrogen-bond donors (Lipinski definition) is 3. The highest BCUT2D eigenvalue weighted by Gasteiger charge is 2.12. The van der Waals surface area contributed by atoms with Gasteiger partial charge in [0, 0.05) is 6.07 Å². The van der Waals surface area contributed by atoms with Crippen molar-refractivity contribution >= 4 is 27.4 Å². The summed E-state index contributed by atoms with van der Waals surface area (Å²) in [6.07, 6.45) is 3.24. The van der Waals surface area contributed by atoms with Crippen LogP contribution >= 0.6 is 0 Å². The van der Waals surface area contributed by atoms with Gasteiger partial charge in [-0.2, -0.15) is 5.10 Å². The average Bonchev–Trinajstić information content (AvgIpc) is 3.11. The van der Waals surface area contributed by atoms with E-state index < -0.39 is 10.0 Å². The molecule has 1 heterocycles. The number of para-hydroxylation sites is 1. The zero-order valence-electron chi connectivity index (χ0n) is 16.4. The van der Waals surface area contributed by atoms with E-state index in [1.807, 2.05) is 12.1 Å². The highest BCUT2D eigenvalue weighted by atomic mass is 32.2. The molecule has 3 rings (SSSR count). The zero-order valence-corrected chi connectivity index (χ0v) is 17.2. The summed E-state index contributed by atoms with van der Waals surface area (Å²) in [6, 6.07) is 16.8. The second-order valence-electron chi connectivity index (χ2n) is 6.87. The van der Waals surface area contributed by atoms with Crippen LogP contribution in [0.2, 0.25) is 0 Å². The van der Waals surface area contributed by atoms with Gasteiger partial charge in [0.05, 0.1) is 24.1 Å². The minimum Gasteiger partial charge on any atom is -0.309 e. The van der Waals surface area contributed by atoms with Crippen molar-refractivity contribution in [2.45, 2.75) is 26.2 Å². The van der Waals surface area contributed by atoms with Crippen LogP contribution in [0.3, 0.4) is 0 Å². The molecule has 0 aliphatic rings. The minimum atomic E-state index is -3.43. The third kappa shape index (κ3) is 5.92. The molecule has 152 valence electrons. The summed E-state index contributed by atoms with van der Waals surface area (Å²) in [6.45, 7) is 2.15. The molecular weight excluding hydrogens is 388 g/mol. The van der Waals surface area contributed by atoms with Gasteiger partial charge < -0.3 is 5.32 Å². The predicted molar refractivity (Wildman–Crippen MR) is 115 cm³/mol. The summed E-state index contributed by atoms with van der Waals surface area (Å²) in [5, 5.41) is 9.82. The van der Waals surface area contributed by atoms with Crippen LogP contribution in [0.5, 0.6) is 0 Å². The molecule has 8 heteroatoms. The van der Waals surface area contributed by atoms with Gasteiger partial charge in [0.1, 0.15) is 0 Å². The minimum absolute atomic E-state index is 0.0204. The molecule has 1 aromatic heterocycles. The van der Waals surface area contributed by atoms with Gasteiger partial charge >= 0.3 is 0 Å². The lowest BCUT2D eigenvalue weighted by Gasteiger charge is -2.10. The van der Waals surface area contributed by atoms with Crippen molar-refractivity contribution in [3.8, 4) is 11.3 Å². The van der Waals surface area contributed by atoms with E-state index in [-0.39, 0.29) is 12.3 Å². The Morgan fingerprint density at radius 1 is 1.10 bits per heavy atom. The third-order valence-corrected chi connectivity index (χ3v) is 4.90. The summed E-state index contributed by atoms with van der Waals surface area (Å²) < 4.78 is 25.4. The van der Waals surface area contributed by atoms with Crippen LogP contribution in [-0.2, 0) is 27.7 Å². The maximum atomic E-state index is 12.4. The number of aryl methyl sites for hydroxylation is 1. The number of carbonyl (C=O) groups excluding carboxylic acids is 1. The highest BCUT2D eigenvalue weighted by molar-refractivity contribution is 7.92. The largest absolute Gasteiger partial charge is 0.309 e. The van der Waals surface area contributed by atoms with Gasteiger partial charge in [0.2, 0.25) is 15.9 Å². The summed E-state index contributed by atoms with van der Waals surface area (Å²) >= 11 is 0. The third-order valence-electron chi connectivity index (χ3n) is 4.31. The van der Waals surface area contributed by atoms with Gasteiger partial charge in [0.15, 0.2) is 5.82 Å². The van der Waals surface area contributed by atoms with Gasteiger partial charge in [-0.3, -0.25) is 14.6 Å². The maximum absolute atomic E-state index is 12.4. The van der Waals surface area contributed by atoms with Crippen LogP contribution in [-0.4, -0.2) is 30.8 Å². The van der Waals surface area contributed by atoms with E-state index >= 15 is 0 Å². The molecule has 3 N–H and O–H groups in total. The molecule has 1 amide bonds. The van der Waals surface area contributed by atoms with E-state index in [0.717, 1.165) is 30.4 Å². The van der Waals surface area contributed by atoms with Crippen LogP contribution in [0, 0.1) is 0 Å². The predicted octanol–water partition coefficient (Wildman–Crippen LogP) is 3.58. The van der Waals surface area contributed by atoms with Gasteiger partial charge in [0.25, 0.3) is 0 Å². The number of H-pyrrole nitrogens is 1. The molecule has 0 saturated carbocycles. The molecule has 3 aromatic rings. The lowest BCUT2D eigenvalue weighted by atomic mass is 10.1. The molecule has 0 spiro atoms. The first-order valence-corrected chi connectivity index (χ1v) is 11.2. The Kier molecular flexibility index (Phi) is 6.33. The van der Waals surface area contributed by atoms with E-state index in [1.165, 1.54) is 5.56 Å². The normalized spacial score (nSPS) is 11.2. The number of aromatic amines is 1. The Labute approximate surface area is 170 Å². The van der Waals surface area contributed by atoms with Crippen molar-refractivity contribution in [2.75, 3.05) is 16.3 Å². The van der Waals surface area contributed by atoms with Crippen LogP contribution in [0.25, 0.3) is 11.3 Å². The monoisotopic (exact) mass is 412 g/mol. The van der Waals surface area contributed by atoms with Crippen molar-refractivity contribution in [1.29, 1.82) is 0 Å².